The van der Waals surface area contributed by atoms with Gasteiger partial charge in [0.2, 0.25) is 0 Å². The van der Waals surface area contributed by atoms with Crippen molar-refractivity contribution in [2.45, 2.75) is 26.3 Å². The van der Waals surface area contributed by atoms with Gasteiger partial charge in [-0.15, -0.1) is 11.3 Å². The lowest BCUT2D eigenvalue weighted by Gasteiger charge is -2.23. The first kappa shape index (κ1) is 16.9. The monoisotopic (exact) mass is 358 g/mol. The van der Waals surface area contributed by atoms with Crippen molar-refractivity contribution in [1.82, 2.24) is 9.88 Å². The normalized spacial score (nSPS) is 12.3. The van der Waals surface area contributed by atoms with Gasteiger partial charge in [-0.3, -0.25) is 4.79 Å². The maximum absolute atomic E-state index is 12.8. The van der Waals surface area contributed by atoms with Crippen LogP contribution in [0.1, 0.15) is 30.8 Å². The molecule has 0 aliphatic rings. The van der Waals surface area contributed by atoms with Crippen LogP contribution in [0.25, 0.3) is 21.3 Å². The summed E-state index contributed by atoms with van der Waals surface area (Å²) in [4.78, 5) is 19.2. The Balaban J connectivity index is 2.15. The van der Waals surface area contributed by atoms with Crippen LogP contribution in [-0.4, -0.2) is 28.9 Å². The number of pyridine rings is 1. The molecule has 0 saturated heterocycles. The Morgan fingerprint density at radius 2 is 2.08 bits per heavy atom. The predicted octanol–water partition coefficient (Wildman–Crippen LogP) is 5.49. The molecule has 0 aliphatic carbocycles. The van der Waals surface area contributed by atoms with Gasteiger partial charge in [0, 0.05) is 18.7 Å². The Morgan fingerprint density at radius 3 is 2.79 bits per heavy atom. The summed E-state index contributed by atoms with van der Waals surface area (Å²) < 4.78 is 1.05. The molecule has 2 aromatic heterocycles. The molecule has 3 aromatic rings. The molecule has 0 saturated carbocycles. The van der Waals surface area contributed by atoms with Gasteiger partial charge in [0.25, 0.3) is 5.91 Å². The van der Waals surface area contributed by atoms with Gasteiger partial charge in [-0.25, -0.2) is 4.98 Å². The van der Waals surface area contributed by atoms with Crippen LogP contribution in [0.4, 0.5) is 0 Å². The number of amides is 1. The summed E-state index contributed by atoms with van der Waals surface area (Å²) in [5, 5.41) is 3.67. The third-order valence-electron chi connectivity index (χ3n) is 4.36. The van der Waals surface area contributed by atoms with E-state index in [2.05, 4.69) is 11.9 Å². The Labute approximate surface area is 150 Å². The Morgan fingerprint density at radius 1 is 1.33 bits per heavy atom. The molecule has 0 bridgehead atoms. The molecular formula is C19H19ClN2OS. The molecule has 3 nitrogen and oxygen atoms in total. The summed E-state index contributed by atoms with van der Waals surface area (Å²) in [5.74, 6) is -0.0641. The second-order valence-electron chi connectivity index (χ2n) is 5.85. The number of rotatable bonds is 4. The summed E-state index contributed by atoms with van der Waals surface area (Å²) in [6.45, 7) is 4.11. The quantitative estimate of drug-likeness (QED) is 0.618. The number of carbonyl (C=O) groups is 1. The number of thiophene rings is 1. The molecular weight excluding hydrogens is 340 g/mol. The molecule has 0 spiro atoms. The van der Waals surface area contributed by atoms with Crippen LogP contribution in [0, 0.1) is 0 Å². The smallest absolute Gasteiger partial charge is 0.272 e. The van der Waals surface area contributed by atoms with Crippen molar-refractivity contribution in [2.75, 3.05) is 7.05 Å². The molecule has 1 atom stereocenters. The summed E-state index contributed by atoms with van der Waals surface area (Å²) in [6.07, 6.45) is 0.903. The Bertz CT molecular complexity index is 890. The van der Waals surface area contributed by atoms with E-state index in [1.165, 1.54) is 0 Å². The average Bonchev–Trinajstić information content (AvgIpc) is 3.08. The van der Waals surface area contributed by atoms with Gasteiger partial charge in [0.1, 0.15) is 5.69 Å². The van der Waals surface area contributed by atoms with E-state index in [1.807, 2.05) is 55.7 Å². The molecule has 24 heavy (non-hydrogen) atoms. The number of hydrogen-bond acceptors (Lipinski definition) is 3. The zero-order valence-corrected chi connectivity index (χ0v) is 15.5. The summed E-state index contributed by atoms with van der Waals surface area (Å²) in [5.41, 5.74) is 2.08. The number of fused-ring (bicyclic) bond motifs is 1. The van der Waals surface area contributed by atoms with E-state index in [1.54, 1.807) is 16.2 Å². The van der Waals surface area contributed by atoms with Gasteiger partial charge < -0.3 is 4.90 Å². The van der Waals surface area contributed by atoms with E-state index in [-0.39, 0.29) is 11.9 Å². The average molecular weight is 359 g/mol. The number of carbonyl (C=O) groups excluding carboxylic acids is 1. The van der Waals surface area contributed by atoms with Crippen LogP contribution < -0.4 is 0 Å². The Kier molecular flexibility index (Phi) is 4.88. The van der Waals surface area contributed by atoms with Crippen molar-refractivity contribution in [3.8, 4) is 11.3 Å². The highest BCUT2D eigenvalue weighted by molar-refractivity contribution is 7.17. The fourth-order valence-electron chi connectivity index (χ4n) is 2.58. The van der Waals surface area contributed by atoms with Crippen molar-refractivity contribution in [3.63, 3.8) is 0 Å². The van der Waals surface area contributed by atoms with E-state index in [9.17, 15) is 4.79 Å². The lowest BCUT2D eigenvalue weighted by Crippen LogP contribution is -2.35. The number of aromatic nitrogens is 1. The molecule has 3 rings (SSSR count). The number of hydrogen-bond donors (Lipinski definition) is 0. The molecule has 0 radical (unpaired) electrons. The lowest BCUT2D eigenvalue weighted by atomic mass is 10.1. The molecule has 5 heteroatoms. The molecule has 1 amide bonds. The van der Waals surface area contributed by atoms with Crippen molar-refractivity contribution < 1.29 is 4.79 Å². The number of benzene rings is 1. The molecule has 124 valence electrons. The summed E-state index contributed by atoms with van der Waals surface area (Å²) in [6, 6.07) is 11.7. The number of halogens is 1. The first-order valence-corrected chi connectivity index (χ1v) is 9.19. The minimum absolute atomic E-state index is 0.0641. The summed E-state index contributed by atoms with van der Waals surface area (Å²) >= 11 is 7.97. The molecule has 0 fully saturated rings. The van der Waals surface area contributed by atoms with Crippen LogP contribution in [0.15, 0.2) is 41.8 Å². The van der Waals surface area contributed by atoms with Gasteiger partial charge in [0.15, 0.2) is 0 Å². The van der Waals surface area contributed by atoms with Crippen molar-refractivity contribution in [2.24, 2.45) is 0 Å². The maximum atomic E-state index is 12.8. The third kappa shape index (κ3) is 3.04. The highest BCUT2D eigenvalue weighted by Gasteiger charge is 2.20. The highest BCUT2D eigenvalue weighted by atomic mass is 35.5. The van der Waals surface area contributed by atoms with Crippen LogP contribution >= 0.6 is 22.9 Å². The second kappa shape index (κ2) is 6.91. The van der Waals surface area contributed by atoms with Gasteiger partial charge in [-0.05, 0) is 42.3 Å². The third-order valence-corrected chi connectivity index (χ3v) is 5.62. The predicted molar refractivity (Wildman–Crippen MR) is 102 cm³/mol. The molecule has 1 unspecified atom stereocenters. The largest absolute Gasteiger partial charge is 0.338 e. The van der Waals surface area contributed by atoms with E-state index >= 15 is 0 Å². The van der Waals surface area contributed by atoms with Crippen molar-refractivity contribution in [1.29, 1.82) is 0 Å². The molecule has 0 N–H and O–H groups in total. The van der Waals surface area contributed by atoms with Crippen LogP contribution in [0.2, 0.25) is 5.02 Å². The second-order valence-corrected chi connectivity index (χ2v) is 7.17. The molecule has 1 aromatic carbocycles. The first-order valence-electron chi connectivity index (χ1n) is 7.93. The fraction of sp³-hybridized carbons (Fsp3) is 0.263. The van der Waals surface area contributed by atoms with E-state index in [0.717, 1.165) is 27.8 Å². The van der Waals surface area contributed by atoms with E-state index < -0.39 is 0 Å². The minimum atomic E-state index is -0.0641. The van der Waals surface area contributed by atoms with Crippen molar-refractivity contribution >= 4 is 38.9 Å². The highest BCUT2D eigenvalue weighted by Crippen LogP contribution is 2.35. The summed E-state index contributed by atoms with van der Waals surface area (Å²) in [7, 11) is 1.82. The standard InChI is InChI=1S/C19H19ClN2OS/c1-4-12(2)22(3)19(23)16-11-13-9-10-24-18(13)17(21-16)14-7-5-6-8-15(14)20/h5-12H,4H2,1-3H3. The number of nitrogens with zero attached hydrogens (tertiary/aromatic N) is 2. The van der Waals surface area contributed by atoms with E-state index in [0.29, 0.717) is 10.7 Å². The van der Waals surface area contributed by atoms with Crippen LogP contribution in [0.3, 0.4) is 0 Å². The zero-order chi connectivity index (χ0) is 17.3. The van der Waals surface area contributed by atoms with Gasteiger partial charge in [-0.1, -0.05) is 36.7 Å². The minimum Gasteiger partial charge on any atom is -0.338 e. The fourth-order valence-corrected chi connectivity index (χ4v) is 3.68. The van der Waals surface area contributed by atoms with Gasteiger partial charge >= 0.3 is 0 Å². The van der Waals surface area contributed by atoms with Gasteiger partial charge in [-0.2, -0.15) is 0 Å². The molecule has 2 heterocycles. The first-order chi connectivity index (χ1) is 11.5. The maximum Gasteiger partial charge on any atom is 0.272 e. The van der Waals surface area contributed by atoms with Crippen molar-refractivity contribution in [3.05, 3.63) is 52.5 Å². The van der Waals surface area contributed by atoms with Crippen LogP contribution in [0.5, 0.6) is 0 Å². The lowest BCUT2D eigenvalue weighted by molar-refractivity contribution is 0.0735. The Hall–Kier alpha value is -1.91. The van der Waals surface area contributed by atoms with E-state index in [4.69, 9.17) is 11.6 Å². The topological polar surface area (TPSA) is 33.2 Å². The van der Waals surface area contributed by atoms with Crippen LogP contribution in [-0.2, 0) is 0 Å². The molecule has 0 aliphatic heterocycles. The SMILES string of the molecule is CCC(C)N(C)C(=O)c1cc2ccsc2c(-c2ccccc2Cl)n1. The zero-order valence-electron chi connectivity index (χ0n) is 13.9. The van der Waals surface area contributed by atoms with Gasteiger partial charge in [0.05, 0.1) is 15.4 Å².